The Balaban J connectivity index is 1.63. The number of nitrogens with zero attached hydrogens (tertiary/aromatic N) is 1. The smallest absolute Gasteiger partial charge is 0.308 e. The van der Waals surface area contributed by atoms with Crippen LogP contribution in [0.3, 0.4) is 0 Å². The molecule has 2 aliphatic rings. The fourth-order valence-electron chi connectivity index (χ4n) is 3.39. The SMILES string of the molecule is O=C1CC(Cc2ccc(C(=O)N3CCC[C@H](C(=O)O)C3)cc2)C(=O)N1. The molecule has 1 unspecified atom stereocenters. The monoisotopic (exact) mass is 344 g/mol. The zero-order valence-electron chi connectivity index (χ0n) is 13.7. The van der Waals surface area contributed by atoms with Gasteiger partial charge in [0.2, 0.25) is 11.8 Å². The second-order valence-corrected chi connectivity index (χ2v) is 6.64. The van der Waals surface area contributed by atoms with Gasteiger partial charge in [-0.15, -0.1) is 0 Å². The van der Waals surface area contributed by atoms with E-state index in [9.17, 15) is 19.2 Å². The van der Waals surface area contributed by atoms with E-state index in [1.807, 2.05) is 0 Å². The van der Waals surface area contributed by atoms with Gasteiger partial charge in [0.1, 0.15) is 0 Å². The maximum Gasteiger partial charge on any atom is 0.308 e. The lowest BCUT2D eigenvalue weighted by Gasteiger charge is -2.30. The highest BCUT2D eigenvalue weighted by Gasteiger charge is 2.31. The molecule has 0 aliphatic carbocycles. The molecule has 1 aromatic carbocycles. The van der Waals surface area contributed by atoms with Crippen molar-refractivity contribution in [3.05, 3.63) is 35.4 Å². The van der Waals surface area contributed by atoms with Crippen molar-refractivity contribution in [1.82, 2.24) is 10.2 Å². The molecule has 7 heteroatoms. The van der Waals surface area contributed by atoms with Crippen molar-refractivity contribution in [3.63, 3.8) is 0 Å². The first-order valence-corrected chi connectivity index (χ1v) is 8.38. The van der Waals surface area contributed by atoms with Crippen LogP contribution >= 0.6 is 0 Å². The van der Waals surface area contributed by atoms with Crippen molar-refractivity contribution in [1.29, 1.82) is 0 Å². The predicted molar refractivity (Wildman–Crippen MR) is 87.7 cm³/mol. The topological polar surface area (TPSA) is 104 Å². The molecule has 0 saturated carbocycles. The van der Waals surface area contributed by atoms with E-state index in [2.05, 4.69) is 5.32 Å². The summed E-state index contributed by atoms with van der Waals surface area (Å²) in [6, 6.07) is 6.94. The fourth-order valence-corrected chi connectivity index (χ4v) is 3.39. The number of carbonyl (C=O) groups is 4. The number of hydrogen-bond acceptors (Lipinski definition) is 4. The fraction of sp³-hybridized carbons (Fsp3) is 0.444. The van der Waals surface area contributed by atoms with Gasteiger partial charge >= 0.3 is 5.97 Å². The molecule has 7 nitrogen and oxygen atoms in total. The van der Waals surface area contributed by atoms with Gasteiger partial charge in [-0.3, -0.25) is 24.5 Å². The Hall–Kier alpha value is -2.70. The average molecular weight is 344 g/mol. The highest BCUT2D eigenvalue weighted by atomic mass is 16.4. The molecule has 0 aromatic heterocycles. The van der Waals surface area contributed by atoms with Crippen LogP contribution in [0.15, 0.2) is 24.3 Å². The van der Waals surface area contributed by atoms with Gasteiger partial charge < -0.3 is 10.0 Å². The average Bonchev–Trinajstić information content (AvgIpc) is 2.92. The molecule has 2 fully saturated rings. The van der Waals surface area contributed by atoms with Gasteiger partial charge in [-0.1, -0.05) is 12.1 Å². The first kappa shape index (κ1) is 17.1. The van der Waals surface area contributed by atoms with Gasteiger partial charge in [0, 0.05) is 25.1 Å². The van der Waals surface area contributed by atoms with Crippen molar-refractivity contribution in [2.24, 2.45) is 11.8 Å². The molecule has 3 amide bonds. The minimum absolute atomic E-state index is 0.175. The summed E-state index contributed by atoms with van der Waals surface area (Å²) in [5, 5.41) is 11.4. The second kappa shape index (κ2) is 7.04. The van der Waals surface area contributed by atoms with Crippen LogP contribution in [-0.4, -0.2) is 46.8 Å². The van der Waals surface area contributed by atoms with E-state index in [1.54, 1.807) is 29.2 Å². The van der Waals surface area contributed by atoms with E-state index >= 15 is 0 Å². The third-order valence-corrected chi connectivity index (χ3v) is 4.81. The summed E-state index contributed by atoms with van der Waals surface area (Å²) in [7, 11) is 0. The predicted octanol–water partition coefficient (Wildman–Crippen LogP) is 0.829. The Labute approximate surface area is 145 Å². The molecule has 0 bridgehead atoms. The number of carboxylic acid groups (broad SMARTS) is 1. The van der Waals surface area contributed by atoms with Crippen LogP contribution in [0.5, 0.6) is 0 Å². The number of benzene rings is 1. The number of aliphatic carboxylic acids is 1. The summed E-state index contributed by atoms with van der Waals surface area (Å²) in [4.78, 5) is 48.1. The molecule has 2 atom stereocenters. The molecule has 1 aromatic rings. The van der Waals surface area contributed by atoms with E-state index in [-0.39, 0.29) is 36.6 Å². The van der Waals surface area contributed by atoms with Gasteiger partial charge in [-0.05, 0) is 37.0 Å². The Bertz CT molecular complexity index is 713. The zero-order chi connectivity index (χ0) is 18.0. The third kappa shape index (κ3) is 3.87. The van der Waals surface area contributed by atoms with E-state index in [0.29, 0.717) is 31.4 Å². The number of hydrogen-bond donors (Lipinski definition) is 2. The number of carbonyl (C=O) groups excluding carboxylic acids is 3. The quantitative estimate of drug-likeness (QED) is 0.788. The minimum Gasteiger partial charge on any atom is -0.481 e. The zero-order valence-corrected chi connectivity index (χ0v) is 13.7. The second-order valence-electron chi connectivity index (χ2n) is 6.64. The molecule has 132 valence electrons. The number of amides is 3. The Morgan fingerprint density at radius 2 is 1.92 bits per heavy atom. The molecular formula is C18H20N2O5. The van der Waals surface area contributed by atoms with Gasteiger partial charge in [-0.25, -0.2) is 0 Å². The van der Waals surface area contributed by atoms with E-state index in [1.165, 1.54) is 0 Å². The first-order chi connectivity index (χ1) is 11.9. The molecular weight excluding hydrogens is 324 g/mol. The largest absolute Gasteiger partial charge is 0.481 e. The molecule has 25 heavy (non-hydrogen) atoms. The van der Waals surface area contributed by atoms with Crippen molar-refractivity contribution in [2.75, 3.05) is 13.1 Å². The van der Waals surface area contributed by atoms with Crippen molar-refractivity contribution in [2.45, 2.75) is 25.7 Å². The van der Waals surface area contributed by atoms with Crippen LogP contribution in [0.1, 0.15) is 35.2 Å². The summed E-state index contributed by atoms with van der Waals surface area (Å²) >= 11 is 0. The summed E-state index contributed by atoms with van der Waals surface area (Å²) in [5.74, 6) is -2.40. The van der Waals surface area contributed by atoms with Crippen LogP contribution in [0, 0.1) is 11.8 Å². The molecule has 3 rings (SSSR count). The maximum absolute atomic E-state index is 12.5. The molecule has 2 heterocycles. The molecule has 0 radical (unpaired) electrons. The highest BCUT2D eigenvalue weighted by Crippen LogP contribution is 2.21. The number of likely N-dealkylation sites (tertiary alicyclic amines) is 1. The summed E-state index contributed by atoms with van der Waals surface area (Å²) in [6.45, 7) is 0.801. The number of nitrogens with one attached hydrogen (secondary N) is 1. The van der Waals surface area contributed by atoms with Crippen LogP contribution in [-0.2, 0) is 20.8 Å². The lowest BCUT2D eigenvalue weighted by atomic mass is 9.96. The van der Waals surface area contributed by atoms with Gasteiger partial charge in [0.15, 0.2) is 0 Å². The molecule has 2 N–H and O–H groups in total. The van der Waals surface area contributed by atoms with Crippen LogP contribution in [0.25, 0.3) is 0 Å². The summed E-state index contributed by atoms with van der Waals surface area (Å²) < 4.78 is 0. The normalized spacial score (nSPS) is 23.4. The van der Waals surface area contributed by atoms with E-state index in [4.69, 9.17) is 5.11 Å². The number of imide groups is 1. The van der Waals surface area contributed by atoms with Crippen LogP contribution in [0.2, 0.25) is 0 Å². The number of carboxylic acids is 1. The lowest BCUT2D eigenvalue weighted by Crippen LogP contribution is -2.42. The Kier molecular flexibility index (Phi) is 4.83. The highest BCUT2D eigenvalue weighted by molar-refractivity contribution is 6.03. The molecule has 2 aliphatic heterocycles. The standard InChI is InChI=1S/C18H20N2O5/c21-15-9-14(16(22)19-15)8-11-3-5-12(6-4-11)17(23)20-7-1-2-13(10-20)18(24)25/h3-6,13-14H,1-2,7-10H2,(H,24,25)(H,19,21,22)/t13-,14?/m0/s1. The molecule has 0 spiro atoms. The van der Waals surface area contributed by atoms with Gasteiger partial charge in [-0.2, -0.15) is 0 Å². The van der Waals surface area contributed by atoms with E-state index < -0.39 is 11.9 Å². The van der Waals surface area contributed by atoms with Crippen LogP contribution < -0.4 is 5.32 Å². The van der Waals surface area contributed by atoms with Gasteiger partial charge in [0.25, 0.3) is 5.91 Å². The summed E-state index contributed by atoms with van der Waals surface area (Å²) in [6.07, 6.45) is 1.94. The minimum atomic E-state index is -0.864. The van der Waals surface area contributed by atoms with Crippen LogP contribution in [0.4, 0.5) is 0 Å². The van der Waals surface area contributed by atoms with Gasteiger partial charge in [0.05, 0.1) is 11.8 Å². The Morgan fingerprint density at radius 3 is 2.52 bits per heavy atom. The van der Waals surface area contributed by atoms with Crippen molar-refractivity contribution < 1.29 is 24.3 Å². The number of rotatable bonds is 4. The Morgan fingerprint density at radius 1 is 1.20 bits per heavy atom. The third-order valence-electron chi connectivity index (χ3n) is 4.81. The first-order valence-electron chi connectivity index (χ1n) is 8.38. The van der Waals surface area contributed by atoms with Crippen molar-refractivity contribution >= 4 is 23.7 Å². The number of piperidine rings is 1. The summed E-state index contributed by atoms with van der Waals surface area (Å²) in [5.41, 5.74) is 1.38. The lowest BCUT2D eigenvalue weighted by molar-refractivity contribution is -0.143. The molecule has 2 saturated heterocycles. The van der Waals surface area contributed by atoms with Crippen molar-refractivity contribution in [3.8, 4) is 0 Å². The maximum atomic E-state index is 12.5. The van der Waals surface area contributed by atoms with E-state index in [0.717, 1.165) is 5.56 Å².